The van der Waals surface area contributed by atoms with Crippen molar-refractivity contribution in [3.05, 3.63) is 23.9 Å². The predicted molar refractivity (Wildman–Crippen MR) is 57.0 cm³/mol. The predicted octanol–water partition coefficient (Wildman–Crippen LogP) is 0.903. The molecule has 0 aliphatic rings. The minimum atomic E-state index is -0.362. The summed E-state index contributed by atoms with van der Waals surface area (Å²) < 4.78 is 0. The number of H-pyrrole nitrogens is 2. The highest BCUT2D eigenvalue weighted by atomic mass is 16.2. The first-order valence-corrected chi connectivity index (χ1v) is 4.89. The molecule has 7 nitrogen and oxygen atoms in total. The molecule has 2 heterocycles. The molecule has 0 fully saturated rings. The first kappa shape index (κ1) is 10.3. The molecule has 1 amide bonds. The molecule has 0 aliphatic heterocycles. The number of carbonyl (C=O) groups excluding carboxylic acids is 1. The van der Waals surface area contributed by atoms with Gasteiger partial charge in [0, 0.05) is 11.8 Å². The molecular formula is C9H12N6O. The zero-order valence-corrected chi connectivity index (χ0v) is 8.98. The summed E-state index contributed by atoms with van der Waals surface area (Å²) in [5.41, 5.74) is 0.966. The number of aromatic nitrogens is 5. The highest BCUT2D eigenvalue weighted by Gasteiger charge is 2.11. The van der Waals surface area contributed by atoms with Crippen LogP contribution in [0, 0.1) is 0 Å². The summed E-state index contributed by atoms with van der Waals surface area (Å²) in [5, 5.41) is 15.5. The smallest absolute Gasteiger partial charge is 0.294 e. The van der Waals surface area contributed by atoms with Crippen LogP contribution < -0.4 is 5.32 Å². The number of anilines is 1. The number of nitrogens with one attached hydrogen (secondary N) is 3. The van der Waals surface area contributed by atoms with E-state index in [0.29, 0.717) is 11.7 Å². The van der Waals surface area contributed by atoms with E-state index in [9.17, 15) is 4.79 Å². The SMILES string of the molecule is CC(C)c1cc(NC(=O)c2ncn[nH]2)n[nH]1. The fourth-order valence-electron chi connectivity index (χ4n) is 1.19. The Balaban J connectivity index is 2.07. The molecule has 0 aromatic carbocycles. The average Bonchev–Trinajstić information content (AvgIpc) is 2.87. The molecule has 0 bridgehead atoms. The molecule has 0 radical (unpaired) electrons. The van der Waals surface area contributed by atoms with Gasteiger partial charge in [0.2, 0.25) is 5.82 Å². The Morgan fingerprint density at radius 3 is 2.81 bits per heavy atom. The quantitative estimate of drug-likeness (QED) is 0.715. The fraction of sp³-hybridized carbons (Fsp3) is 0.333. The van der Waals surface area contributed by atoms with Gasteiger partial charge in [-0.3, -0.25) is 15.0 Å². The molecule has 2 aromatic rings. The van der Waals surface area contributed by atoms with Crippen molar-refractivity contribution in [1.82, 2.24) is 25.4 Å². The lowest BCUT2D eigenvalue weighted by atomic mass is 10.1. The highest BCUT2D eigenvalue weighted by molar-refractivity contribution is 6.00. The van der Waals surface area contributed by atoms with Crippen LogP contribution in [0.5, 0.6) is 0 Å². The van der Waals surface area contributed by atoms with Crippen molar-refractivity contribution in [2.45, 2.75) is 19.8 Å². The summed E-state index contributed by atoms with van der Waals surface area (Å²) in [6.45, 7) is 4.07. The lowest BCUT2D eigenvalue weighted by Gasteiger charge is -1.97. The van der Waals surface area contributed by atoms with Crippen LogP contribution in [0.4, 0.5) is 5.82 Å². The summed E-state index contributed by atoms with van der Waals surface area (Å²) in [6, 6.07) is 1.79. The van der Waals surface area contributed by atoms with Crippen molar-refractivity contribution in [3.8, 4) is 0 Å². The minimum Gasteiger partial charge on any atom is -0.302 e. The van der Waals surface area contributed by atoms with E-state index in [2.05, 4.69) is 30.7 Å². The molecular weight excluding hydrogens is 208 g/mol. The molecule has 2 rings (SSSR count). The van der Waals surface area contributed by atoms with E-state index < -0.39 is 0 Å². The standard InChI is InChI=1S/C9H12N6O/c1-5(2)6-3-7(14-13-6)12-9(16)8-10-4-11-15-8/h3-5H,1-2H3,(H,10,11,15)(H2,12,13,14,16). The van der Waals surface area contributed by atoms with Gasteiger partial charge >= 0.3 is 0 Å². The molecule has 0 atom stereocenters. The second kappa shape index (κ2) is 4.13. The van der Waals surface area contributed by atoms with Gasteiger partial charge in [0.15, 0.2) is 5.82 Å². The van der Waals surface area contributed by atoms with Gasteiger partial charge in [-0.25, -0.2) is 4.98 Å². The fourth-order valence-corrected chi connectivity index (χ4v) is 1.19. The van der Waals surface area contributed by atoms with Crippen LogP contribution in [-0.4, -0.2) is 31.3 Å². The molecule has 7 heteroatoms. The first-order chi connectivity index (χ1) is 7.66. The number of nitrogens with zero attached hydrogens (tertiary/aromatic N) is 3. The van der Waals surface area contributed by atoms with Gasteiger partial charge in [-0.2, -0.15) is 10.2 Å². The molecule has 0 aliphatic carbocycles. The monoisotopic (exact) mass is 220 g/mol. The van der Waals surface area contributed by atoms with Crippen molar-refractivity contribution in [2.24, 2.45) is 0 Å². The zero-order chi connectivity index (χ0) is 11.5. The largest absolute Gasteiger partial charge is 0.302 e. The number of hydrogen-bond acceptors (Lipinski definition) is 4. The first-order valence-electron chi connectivity index (χ1n) is 4.89. The normalized spacial score (nSPS) is 10.7. The molecule has 0 spiro atoms. The molecule has 0 saturated heterocycles. The molecule has 84 valence electrons. The number of carbonyl (C=O) groups is 1. The van der Waals surface area contributed by atoms with Gasteiger partial charge in [0.05, 0.1) is 0 Å². The Bertz CT molecular complexity index is 472. The van der Waals surface area contributed by atoms with E-state index in [1.54, 1.807) is 6.07 Å². The second-order valence-corrected chi connectivity index (χ2v) is 3.65. The minimum absolute atomic E-state index is 0.161. The van der Waals surface area contributed by atoms with Crippen molar-refractivity contribution in [1.29, 1.82) is 0 Å². The van der Waals surface area contributed by atoms with E-state index in [1.807, 2.05) is 13.8 Å². The number of amides is 1. The maximum Gasteiger partial charge on any atom is 0.294 e. The Morgan fingerprint density at radius 1 is 1.44 bits per heavy atom. The van der Waals surface area contributed by atoms with Crippen LogP contribution in [0.1, 0.15) is 36.1 Å². The Hall–Kier alpha value is -2.18. The van der Waals surface area contributed by atoms with Crippen LogP contribution in [0.3, 0.4) is 0 Å². The van der Waals surface area contributed by atoms with Gasteiger partial charge < -0.3 is 5.32 Å². The summed E-state index contributed by atoms with van der Waals surface area (Å²) in [6.07, 6.45) is 1.28. The van der Waals surface area contributed by atoms with Crippen LogP contribution in [0.2, 0.25) is 0 Å². The molecule has 0 saturated carbocycles. The molecule has 0 unspecified atom stereocenters. The summed E-state index contributed by atoms with van der Waals surface area (Å²) in [5.74, 6) is 0.613. The molecule has 16 heavy (non-hydrogen) atoms. The topological polar surface area (TPSA) is 99.3 Å². The van der Waals surface area contributed by atoms with E-state index in [0.717, 1.165) is 5.69 Å². The Kier molecular flexibility index (Phi) is 2.67. The third-order valence-electron chi connectivity index (χ3n) is 2.09. The van der Waals surface area contributed by atoms with Crippen molar-refractivity contribution in [2.75, 3.05) is 5.32 Å². The number of hydrogen-bond donors (Lipinski definition) is 3. The van der Waals surface area contributed by atoms with E-state index in [1.165, 1.54) is 6.33 Å². The van der Waals surface area contributed by atoms with Gasteiger partial charge in [-0.1, -0.05) is 13.8 Å². The summed E-state index contributed by atoms with van der Waals surface area (Å²) >= 11 is 0. The van der Waals surface area contributed by atoms with E-state index >= 15 is 0 Å². The van der Waals surface area contributed by atoms with Gasteiger partial charge in [-0.15, -0.1) is 0 Å². The molecule has 2 aromatic heterocycles. The van der Waals surface area contributed by atoms with Crippen molar-refractivity contribution in [3.63, 3.8) is 0 Å². The van der Waals surface area contributed by atoms with Gasteiger partial charge in [-0.05, 0) is 5.92 Å². The third-order valence-corrected chi connectivity index (χ3v) is 2.09. The van der Waals surface area contributed by atoms with E-state index in [4.69, 9.17) is 0 Å². The summed E-state index contributed by atoms with van der Waals surface area (Å²) in [7, 11) is 0. The van der Waals surface area contributed by atoms with Crippen molar-refractivity contribution < 1.29 is 4.79 Å². The lowest BCUT2D eigenvalue weighted by molar-refractivity contribution is 0.101. The van der Waals surface area contributed by atoms with Crippen LogP contribution in [-0.2, 0) is 0 Å². The number of aromatic amines is 2. The lowest BCUT2D eigenvalue weighted by Crippen LogP contribution is -2.13. The van der Waals surface area contributed by atoms with E-state index in [-0.39, 0.29) is 11.7 Å². The molecule has 3 N–H and O–H groups in total. The van der Waals surface area contributed by atoms with Gasteiger partial charge in [0.25, 0.3) is 5.91 Å². The summed E-state index contributed by atoms with van der Waals surface area (Å²) in [4.78, 5) is 15.3. The second-order valence-electron chi connectivity index (χ2n) is 3.65. The van der Waals surface area contributed by atoms with Crippen LogP contribution in [0.15, 0.2) is 12.4 Å². The van der Waals surface area contributed by atoms with Crippen molar-refractivity contribution >= 4 is 11.7 Å². The number of rotatable bonds is 3. The Labute approximate surface area is 91.7 Å². The van der Waals surface area contributed by atoms with Gasteiger partial charge in [0.1, 0.15) is 6.33 Å². The zero-order valence-electron chi connectivity index (χ0n) is 8.98. The maximum absolute atomic E-state index is 11.6. The van der Waals surface area contributed by atoms with Crippen LogP contribution >= 0.6 is 0 Å². The van der Waals surface area contributed by atoms with Crippen LogP contribution in [0.25, 0.3) is 0 Å². The third kappa shape index (κ3) is 2.08. The highest BCUT2D eigenvalue weighted by Crippen LogP contribution is 2.14. The maximum atomic E-state index is 11.6. The Morgan fingerprint density at radius 2 is 2.25 bits per heavy atom. The average molecular weight is 220 g/mol.